The molecule has 196 valence electrons. The highest BCUT2D eigenvalue weighted by Crippen LogP contribution is 2.42. The molecule has 37 heavy (non-hydrogen) atoms. The molecule has 3 aromatic rings. The average molecular weight is 524 g/mol. The van der Waals surface area contributed by atoms with E-state index in [0.29, 0.717) is 23.3 Å². The van der Waals surface area contributed by atoms with Crippen LogP contribution in [0.2, 0.25) is 0 Å². The lowest BCUT2D eigenvalue weighted by atomic mass is 9.93. The third-order valence-electron chi connectivity index (χ3n) is 5.85. The van der Waals surface area contributed by atoms with E-state index in [0.717, 1.165) is 0 Å². The molecule has 0 bridgehead atoms. The average Bonchev–Trinajstić information content (AvgIpc) is 2.81. The maximum absolute atomic E-state index is 13.4. The Labute approximate surface area is 208 Å². The molecular formula is C26H22F6N2O3. The van der Waals surface area contributed by atoms with Gasteiger partial charge in [0.2, 0.25) is 5.91 Å². The van der Waals surface area contributed by atoms with E-state index in [4.69, 9.17) is 0 Å². The predicted octanol–water partition coefficient (Wildman–Crippen LogP) is 7.89. The molecule has 0 radical (unpaired) electrons. The second-order valence-electron chi connectivity index (χ2n) is 8.79. The molecule has 1 amide bonds. The van der Waals surface area contributed by atoms with Crippen LogP contribution in [0.4, 0.5) is 37.7 Å². The molecular weight excluding hydrogens is 502 g/mol. The van der Waals surface area contributed by atoms with Gasteiger partial charge in [0.15, 0.2) is 0 Å². The van der Waals surface area contributed by atoms with Gasteiger partial charge >= 0.3 is 12.4 Å². The Balaban J connectivity index is 2.26. The van der Waals surface area contributed by atoms with E-state index in [-0.39, 0.29) is 40.0 Å². The van der Waals surface area contributed by atoms with Crippen molar-refractivity contribution in [3.63, 3.8) is 0 Å². The smallest absolute Gasteiger partial charge is 0.314 e. The molecule has 3 rings (SSSR count). The number of halogens is 6. The summed E-state index contributed by atoms with van der Waals surface area (Å²) in [5, 5.41) is 11.5. The number of alkyl halides is 6. The van der Waals surface area contributed by atoms with Crippen molar-refractivity contribution >= 4 is 17.3 Å². The largest absolute Gasteiger partial charge is 0.416 e. The minimum Gasteiger partial charge on any atom is -0.314 e. The summed E-state index contributed by atoms with van der Waals surface area (Å²) >= 11 is 0. The second kappa shape index (κ2) is 9.87. The van der Waals surface area contributed by atoms with Gasteiger partial charge in [-0.1, -0.05) is 32.0 Å². The molecule has 5 nitrogen and oxygen atoms in total. The Morgan fingerprint density at radius 1 is 0.865 bits per heavy atom. The van der Waals surface area contributed by atoms with Crippen molar-refractivity contribution in [2.75, 3.05) is 11.9 Å². The predicted molar refractivity (Wildman–Crippen MR) is 127 cm³/mol. The molecule has 0 spiro atoms. The highest BCUT2D eigenvalue weighted by atomic mass is 19.4. The van der Waals surface area contributed by atoms with Gasteiger partial charge in [-0.05, 0) is 53.9 Å². The first-order chi connectivity index (χ1) is 17.0. The molecule has 0 atom stereocenters. The van der Waals surface area contributed by atoms with Crippen LogP contribution in [-0.4, -0.2) is 17.9 Å². The SMILES string of the molecule is Cc1c([N+](=O)[O-])ccc(-c2cccc(-c3cc(C(F)(F)F)cc(C(F)(F)F)c3)c2)c1N(C)C(=O)C(C)C. The van der Waals surface area contributed by atoms with Gasteiger partial charge in [0.1, 0.15) is 0 Å². The van der Waals surface area contributed by atoms with Crippen molar-refractivity contribution in [1.29, 1.82) is 0 Å². The van der Waals surface area contributed by atoms with E-state index >= 15 is 0 Å². The van der Waals surface area contributed by atoms with Crippen molar-refractivity contribution < 1.29 is 36.1 Å². The molecule has 0 fully saturated rings. The van der Waals surface area contributed by atoms with Gasteiger partial charge in [0.05, 0.1) is 27.3 Å². The molecule has 0 aliphatic rings. The Morgan fingerprint density at radius 2 is 1.41 bits per heavy atom. The van der Waals surface area contributed by atoms with E-state index < -0.39 is 34.3 Å². The second-order valence-corrected chi connectivity index (χ2v) is 8.79. The minimum atomic E-state index is -5.00. The van der Waals surface area contributed by atoms with Gasteiger partial charge in [-0.15, -0.1) is 0 Å². The Hall–Kier alpha value is -3.89. The summed E-state index contributed by atoms with van der Waals surface area (Å²) in [4.78, 5) is 24.9. The van der Waals surface area contributed by atoms with Crippen LogP contribution in [0.5, 0.6) is 0 Å². The maximum atomic E-state index is 13.4. The van der Waals surface area contributed by atoms with E-state index in [1.165, 1.54) is 49.2 Å². The lowest BCUT2D eigenvalue weighted by Gasteiger charge is -2.25. The fourth-order valence-corrected chi connectivity index (χ4v) is 4.04. The summed E-state index contributed by atoms with van der Waals surface area (Å²) in [5.41, 5.74) is -2.29. The van der Waals surface area contributed by atoms with Gasteiger partial charge in [-0.25, -0.2) is 0 Å². The Bertz CT molecular complexity index is 1330. The molecule has 11 heteroatoms. The molecule has 0 aliphatic heterocycles. The molecule has 0 N–H and O–H groups in total. The number of anilines is 1. The lowest BCUT2D eigenvalue weighted by molar-refractivity contribution is -0.385. The summed E-state index contributed by atoms with van der Waals surface area (Å²) < 4.78 is 80.2. The van der Waals surface area contributed by atoms with Crippen LogP contribution in [0.15, 0.2) is 54.6 Å². The zero-order valence-electron chi connectivity index (χ0n) is 20.2. The Morgan fingerprint density at radius 3 is 1.89 bits per heavy atom. The third-order valence-corrected chi connectivity index (χ3v) is 5.85. The van der Waals surface area contributed by atoms with Gasteiger partial charge in [-0.3, -0.25) is 14.9 Å². The minimum absolute atomic E-state index is 0.0532. The van der Waals surface area contributed by atoms with Crippen molar-refractivity contribution in [3.8, 4) is 22.3 Å². The van der Waals surface area contributed by atoms with E-state index in [9.17, 15) is 41.3 Å². The first-order valence-corrected chi connectivity index (χ1v) is 11.0. The summed E-state index contributed by atoms with van der Waals surface area (Å²) in [5.74, 6) is -0.789. The van der Waals surface area contributed by atoms with Gasteiger partial charge in [0.25, 0.3) is 5.69 Å². The van der Waals surface area contributed by atoms with Crippen LogP contribution in [0.1, 0.15) is 30.5 Å². The normalized spacial score (nSPS) is 12.1. The zero-order valence-corrected chi connectivity index (χ0v) is 20.2. The van der Waals surface area contributed by atoms with Gasteiger partial charge < -0.3 is 4.90 Å². The Kier molecular flexibility index (Phi) is 7.39. The standard InChI is InChI=1S/C26H22F6N2O3/c1-14(2)24(35)33(4)23-15(3)22(34(36)37)9-8-21(23)17-7-5-6-16(10-17)18-11-19(25(27,28)29)13-20(12-18)26(30,31)32/h5-14H,1-4H3. The molecule has 0 saturated heterocycles. The highest BCUT2D eigenvalue weighted by Gasteiger charge is 2.37. The summed E-state index contributed by atoms with van der Waals surface area (Å²) in [6, 6.07) is 9.70. The van der Waals surface area contributed by atoms with Gasteiger partial charge in [-0.2, -0.15) is 26.3 Å². The summed E-state index contributed by atoms with van der Waals surface area (Å²) in [6.45, 7) is 4.77. The number of benzene rings is 3. The van der Waals surface area contributed by atoms with E-state index in [1.807, 2.05) is 0 Å². The quantitative estimate of drug-likeness (QED) is 0.194. The first-order valence-electron chi connectivity index (χ1n) is 11.0. The number of nitro benzene ring substituents is 1. The summed E-state index contributed by atoms with van der Waals surface area (Å²) in [6.07, 6.45) is -10.0. The highest BCUT2D eigenvalue weighted by molar-refractivity contribution is 6.00. The van der Waals surface area contributed by atoms with Crippen LogP contribution >= 0.6 is 0 Å². The molecule has 0 saturated carbocycles. The maximum Gasteiger partial charge on any atom is 0.416 e. The molecule has 0 aromatic heterocycles. The first kappa shape index (κ1) is 27.7. The van der Waals surface area contributed by atoms with Crippen molar-refractivity contribution in [2.45, 2.75) is 33.1 Å². The number of nitrogens with zero attached hydrogens (tertiary/aromatic N) is 2. The van der Waals surface area contributed by atoms with Crippen molar-refractivity contribution in [2.24, 2.45) is 5.92 Å². The topological polar surface area (TPSA) is 63.5 Å². The van der Waals surface area contributed by atoms with Crippen molar-refractivity contribution in [3.05, 3.63) is 81.4 Å². The number of carbonyl (C=O) groups is 1. The van der Waals surface area contributed by atoms with Crippen LogP contribution in [0, 0.1) is 23.0 Å². The van der Waals surface area contributed by atoms with Crippen LogP contribution in [0.3, 0.4) is 0 Å². The number of hydrogen-bond acceptors (Lipinski definition) is 3. The number of amides is 1. The number of hydrogen-bond donors (Lipinski definition) is 0. The fourth-order valence-electron chi connectivity index (χ4n) is 4.04. The van der Waals surface area contributed by atoms with Crippen LogP contribution < -0.4 is 4.90 Å². The zero-order chi connectivity index (χ0) is 27.9. The number of nitro groups is 1. The van der Waals surface area contributed by atoms with Gasteiger partial charge in [0, 0.05) is 24.6 Å². The van der Waals surface area contributed by atoms with E-state index in [2.05, 4.69) is 0 Å². The number of carbonyl (C=O) groups excluding carboxylic acids is 1. The lowest BCUT2D eigenvalue weighted by Crippen LogP contribution is -2.31. The molecule has 0 unspecified atom stereocenters. The van der Waals surface area contributed by atoms with Crippen LogP contribution in [-0.2, 0) is 17.1 Å². The monoisotopic (exact) mass is 524 g/mol. The third kappa shape index (κ3) is 5.76. The molecule has 3 aromatic carbocycles. The number of rotatable bonds is 5. The van der Waals surface area contributed by atoms with E-state index in [1.54, 1.807) is 19.9 Å². The van der Waals surface area contributed by atoms with Crippen molar-refractivity contribution in [1.82, 2.24) is 0 Å². The molecule has 0 aliphatic carbocycles. The van der Waals surface area contributed by atoms with Crippen LogP contribution in [0.25, 0.3) is 22.3 Å². The summed E-state index contributed by atoms with van der Waals surface area (Å²) in [7, 11) is 1.45. The molecule has 0 heterocycles. The fraction of sp³-hybridized carbons (Fsp3) is 0.269.